The minimum Gasteiger partial charge on any atom is -0.355 e. The molecule has 1 amide bonds. The molecule has 0 aliphatic heterocycles. The van der Waals surface area contributed by atoms with E-state index in [9.17, 15) is 9.00 Å². The zero-order chi connectivity index (χ0) is 22.9. The minimum absolute atomic E-state index is 0.0944. The van der Waals surface area contributed by atoms with E-state index in [1.54, 1.807) is 0 Å². The molecule has 5 heteroatoms. The first-order valence-electron chi connectivity index (χ1n) is 13.5. The third kappa shape index (κ3) is 4.59. The topological polar surface area (TPSA) is 55.4 Å². The highest BCUT2D eigenvalue weighted by Gasteiger charge is 2.60. The van der Waals surface area contributed by atoms with Gasteiger partial charge in [-0.3, -0.25) is 8.98 Å². The lowest BCUT2D eigenvalue weighted by Gasteiger charge is -2.61. The summed E-state index contributed by atoms with van der Waals surface area (Å²) in [4.78, 5) is 12.3. The molecule has 0 spiro atoms. The second-order valence-electron chi connectivity index (χ2n) is 12.2. The lowest BCUT2D eigenvalue weighted by atomic mass is 9.44. The highest BCUT2D eigenvalue weighted by molar-refractivity contribution is 7.80. The Morgan fingerprint density at radius 1 is 1.03 bits per heavy atom. The third-order valence-electron chi connectivity index (χ3n) is 10.9. The van der Waals surface area contributed by atoms with E-state index in [2.05, 4.69) is 26.1 Å². The summed E-state index contributed by atoms with van der Waals surface area (Å²) in [6.45, 7) is 8.13. The molecule has 0 radical (unpaired) electrons. The van der Waals surface area contributed by atoms with E-state index in [0.29, 0.717) is 35.5 Å². The summed E-state index contributed by atoms with van der Waals surface area (Å²) < 4.78 is 16.1. The molecule has 4 nitrogen and oxygen atoms in total. The summed E-state index contributed by atoms with van der Waals surface area (Å²) in [6, 6.07) is 0. The maximum atomic E-state index is 12.3. The van der Waals surface area contributed by atoms with Gasteiger partial charge in [0.05, 0.1) is 12.9 Å². The van der Waals surface area contributed by atoms with Crippen molar-refractivity contribution in [1.82, 2.24) is 5.32 Å². The van der Waals surface area contributed by atoms with Crippen LogP contribution in [0.2, 0.25) is 0 Å². The highest BCUT2D eigenvalue weighted by Crippen LogP contribution is 2.68. The predicted molar refractivity (Wildman–Crippen MR) is 131 cm³/mol. The summed E-state index contributed by atoms with van der Waals surface area (Å²) >= 11 is -1.29. The standard InChI is InChI=1S/C27H47NO3S/c1-19(8-13-25(29)28-17-18-32(30)31-4)22-11-12-23-21-10-9-20-7-5-6-15-26(20,2)24(21)14-16-27(22,23)3/h19-24H,5-18H2,1-4H3,(H,28,29)/t19-,20?,21?,22?,23?,24?,26?,27?,32?/m1/s1. The first kappa shape index (κ1) is 24.7. The molecule has 0 aromatic heterocycles. The van der Waals surface area contributed by atoms with Crippen molar-refractivity contribution in [3.05, 3.63) is 0 Å². The number of carbonyl (C=O) groups is 1. The summed E-state index contributed by atoms with van der Waals surface area (Å²) in [7, 11) is 1.43. The number of rotatable bonds is 8. The van der Waals surface area contributed by atoms with Gasteiger partial charge in [0.2, 0.25) is 5.91 Å². The van der Waals surface area contributed by atoms with Gasteiger partial charge in [-0.15, -0.1) is 0 Å². The second-order valence-corrected chi connectivity index (χ2v) is 13.5. The molecular weight excluding hydrogens is 418 g/mol. The van der Waals surface area contributed by atoms with Crippen molar-refractivity contribution in [3.63, 3.8) is 0 Å². The fraction of sp³-hybridized carbons (Fsp3) is 0.963. The maximum absolute atomic E-state index is 12.3. The quantitative estimate of drug-likeness (QED) is 0.487. The number of hydrogen-bond donors (Lipinski definition) is 1. The van der Waals surface area contributed by atoms with E-state index >= 15 is 0 Å². The molecule has 4 fully saturated rings. The minimum atomic E-state index is -1.29. The number of fused-ring (bicyclic) bond motifs is 5. The molecule has 0 aromatic rings. The largest absolute Gasteiger partial charge is 0.355 e. The Bertz CT molecular complexity index is 698. The lowest BCUT2D eigenvalue weighted by molar-refractivity contribution is -0.122. The van der Waals surface area contributed by atoms with Crippen LogP contribution in [0.3, 0.4) is 0 Å². The summed E-state index contributed by atoms with van der Waals surface area (Å²) in [5.41, 5.74) is 1.10. The predicted octanol–water partition coefficient (Wildman–Crippen LogP) is 5.88. The van der Waals surface area contributed by atoms with Crippen LogP contribution in [0.15, 0.2) is 0 Å². The lowest BCUT2D eigenvalue weighted by Crippen LogP contribution is -2.53. The smallest absolute Gasteiger partial charge is 0.220 e. The SMILES string of the molecule is COS(=O)CCNC(=O)CC[C@@H](C)C1CCC2C3CCC4CCCCC4(C)C3CCC21C. The average Bonchev–Trinajstić information content (AvgIpc) is 3.14. The molecule has 9 atom stereocenters. The Labute approximate surface area is 199 Å². The van der Waals surface area contributed by atoms with Gasteiger partial charge in [0, 0.05) is 13.0 Å². The Hall–Kier alpha value is -0.420. The van der Waals surface area contributed by atoms with E-state index in [4.69, 9.17) is 4.18 Å². The van der Waals surface area contributed by atoms with Gasteiger partial charge in [-0.25, -0.2) is 4.21 Å². The van der Waals surface area contributed by atoms with Gasteiger partial charge in [-0.1, -0.05) is 33.6 Å². The molecule has 32 heavy (non-hydrogen) atoms. The molecule has 1 N–H and O–H groups in total. The van der Waals surface area contributed by atoms with Gasteiger partial charge in [0.15, 0.2) is 11.1 Å². The second kappa shape index (κ2) is 10.1. The normalized spacial score (nSPS) is 42.9. The van der Waals surface area contributed by atoms with Crippen molar-refractivity contribution in [1.29, 1.82) is 0 Å². The van der Waals surface area contributed by atoms with Crippen LogP contribution < -0.4 is 5.32 Å². The molecule has 184 valence electrons. The summed E-state index contributed by atoms with van der Waals surface area (Å²) in [5.74, 6) is 5.65. The molecule has 0 heterocycles. The van der Waals surface area contributed by atoms with E-state index < -0.39 is 11.1 Å². The molecule has 4 aliphatic rings. The van der Waals surface area contributed by atoms with E-state index in [1.165, 1.54) is 71.3 Å². The number of nitrogens with one attached hydrogen (secondary N) is 1. The number of carbonyl (C=O) groups excluding carboxylic acids is 1. The first-order chi connectivity index (χ1) is 15.3. The van der Waals surface area contributed by atoms with Crippen molar-refractivity contribution in [2.24, 2.45) is 46.3 Å². The molecule has 4 saturated carbocycles. The van der Waals surface area contributed by atoms with Crippen molar-refractivity contribution < 1.29 is 13.2 Å². The van der Waals surface area contributed by atoms with E-state index in [0.717, 1.165) is 36.0 Å². The van der Waals surface area contributed by atoms with Crippen molar-refractivity contribution >= 4 is 17.0 Å². The summed E-state index contributed by atoms with van der Waals surface area (Å²) in [5, 5.41) is 2.92. The Morgan fingerprint density at radius 3 is 2.59 bits per heavy atom. The van der Waals surface area contributed by atoms with Crippen LogP contribution in [0.1, 0.15) is 97.8 Å². The van der Waals surface area contributed by atoms with Gasteiger partial charge in [0.25, 0.3) is 0 Å². The van der Waals surface area contributed by atoms with Crippen molar-refractivity contribution in [3.8, 4) is 0 Å². The zero-order valence-electron chi connectivity index (χ0n) is 21.0. The van der Waals surface area contributed by atoms with Crippen molar-refractivity contribution in [2.75, 3.05) is 19.4 Å². The third-order valence-corrected chi connectivity index (χ3v) is 11.9. The van der Waals surface area contributed by atoms with Gasteiger partial charge in [-0.2, -0.15) is 0 Å². The fourth-order valence-corrected chi connectivity index (χ4v) is 9.71. The Balaban J connectivity index is 1.33. The van der Waals surface area contributed by atoms with Crippen LogP contribution in [0.4, 0.5) is 0 Å². The van der Waals surface area contributed by atoms with Crippen LogP contribution in [-0.2, 0) is 20.1 Å². The van der Waals surface area contributed by atoms with Crippen LogP contribution >= 0.6 is 0 Å². The van der Waals surface area contributed by atoms with Crippen LogP contribution in [0.25, 0.3) is 0 Å². The molecule has 4 aliphatic carbocycles. The Kier molecular flexibility index (Phi) is 7.76. The molecular formula is C27H47NO3S. The zero-order valence-corrected chi connectivity index (χ0v) is 21.8. The Morgan fingerprint density at radius 2 is 1.81 bits per heavy atom. The highest BCUT2D eigenvalue weighted by atomic mass is 32.2. The fourth-order valence-electron chi connectivity index (χ4n) is 9.28. The summed E-state index contributed by atoms with van der Waals surface area (Å²) in [6.07, 6.45) is 16.1. The molecule has 0 saturated heterocycles. The maximum Gasteiger partial charge on any atom is 0.220 e. The first-order valence-corrected chi connectivity index (χ1v) is 14.7. The molecule has 0 aromatic carbocycles. The van der Waals surface area contributed by atoms with Gasteiger partial charge >= 0.3 is 0 Å². The number of amides is 1. The van der Waals surface area contributed by atoms with Crippen LogP contribution in [-0.4, -0.2) is 29.5 Å². The van der Waals surface area contributed by atoms with Crippen LogP contribution in [0.5, 0.6) is 0 Å². The van der Waals surface area contributed by atoms with Crippen LogP contribution in [0, 0.1) is 46.3 Å². The van der Waals surface area contributed by atoms with Gasteiger partial charge in [-0.05, 0) is 104 Å². The molecule has 8 unspecified atom stereocenters. The van der Waals surface area contributed by atoms with E-state index in [-0.39, 0.29) is 5.91 Å². The number of hydrogen-bond acceptors (Lipinski definition) is 3. The monoisotopic (exact) mass is 465 g/mol. The molecule has 4 rings (SSSR count). The average molecular weight is 466 g/mol. The van der Waals surface area contributed by atoms with Gasteiger partial charge in [0.1, 0.15) is 0 Å². The molecule has 0 bridgehead atoms. The van der Waals surface area contributed by atoms with Crippen molar-refractivity contribution in [2.45, 2.75) is 97.8 Å². The van der Waals surface area contributed by atoms with E-state index in [1.807, 2.05) is 0 Å². The van der Waals surface area contributed by atoms with Gasteiger partial charge < -0.3 is 5.32 Å².